The van der Waals surface area contributed by atoms with Crippen LogP contribution in [0.3, 0.4) is 0 Å². The molecule has 0 spiro atoms. The molecule has 5 atom stereocenters. The Morgan fingerprint density at radius 2 is 1.89 bits per heavy atom. The molecule has 4 heterocycles. The van der Waals surface area contributed by atoms with Crippen molar-refractivity contribution in [2.45, 2.75) is 102 Å². The van der Waals surface area contributed by atoms with Crippen LogP contribution in [0, 0.1) is 5.92 Å². The topological polar surface area (TPSA) is 198 Å². The third-order valence-corrected chi connectivity index (χ3v) is 10.4. The number of anilines is 1. The molecule has 2 aliphatic heterocycles. The molecule has 15 nitrogen and oxygen atoms in total. The van der Waals surface area contributed by atoms with Gasteiger partial charge >= 0.3 is 12.1 Å². The maximum absolute atomic E-state index is 14.4. The van der Waals surface area contributed by atoms with E-state index in [1.54, 1.807) is 57.5 Å². The molecule has 16 heteroatoms. The molecule has 2 fully saturated rings. The third-order valence-electron chi connectivity index (χ3n) is 9.63. The Balaban J connectivity index is 1.34. The third kappa shape index (κ3) is 8.75. The van der Waals surface area contributed by atoms with Gasteiger partial charge in [0.1, 0.15) is 46.5 Å². The van der Waals surface area contributed by atoms with E-state index >= 15 is 0 Å². The van der Waals surface area contributed by atoms with Crippen LogP contribution in [-0.4, -0.2) is 92.7 Å². The first-order valence-electron chi connectivity index (χ1n) is 18.1. The number of allylic oxidation sites excluding steroid dienone is 1. The first-order chi connectivity index (χ1) is 25.7. The number of carbonyl (C=O) groups excluding carboxylic acids is 4. The highest BCUT2D eigenvalue weighted by Crippen LogP contribution is 2.45. The van der Waals surface area contributed by atoms with Gasteiger partial charge in [-0.1, -0.05) is 25.0 Å². The molecule has 0 radical (unpaired) electrons. The van der Waals surface area contributed by atoms with Crippen LogP contribution < -0.4 is 25.4 Å². The quantitative estimate of drug-likeness (QED) is 0.235. The summed E-state index contributed by atoms with van der Waals surface area (Å²) >= 11 is 1.24. The van der Waals surface area contributed by atoms with Crippen molar-refractivity contribution in [3.8, 4) is 22.9 Å². The molecule has 0 bridgehead atoms. The number of carboxylic acids is 1. The van der Waals surface area contributed by atoms with Crippen LogP contribution in [0.5, 0.6) is 11.5 Å². The van der Waals surface area contributed by atoms with E-state index in [2.05, 4.69) is 20.9 Å². The van der Waals surface area contributed by atoms with Crippen LogP contribution in [0.15, 0.2) is 41.8 Å². The smallest absolute Gasteiger partial charge is 0.408 e. The second-order valence-corrected chi connectivity index (χ2v) is 15.8. The summed E-state index contributed by atoms with van der Waals surface area (Å²) in [4.78, 5) is 76.4. The number of alkyl carbamates (subject to hydrolysis) is 1. The van der Waals surface area contributed by atoms with Crippen LogP contribution in [0.1, 0.15) is 72.6 Å². The Kier molecular flexibility index (Phi) is 11.1. The van der Waals surface area contributed by atoms with Gasteiger partial charge in [0, 0.05) is 42.2 Å². The Hall–Kier alpha value is -5.25. The molecule has 1 aliphatic carbocycles. The molecule has 3 aliphatic rings. The van der Waals surface area contributed by atoms with Gasteiger partial charge in [-0.2, -0.15) is 0 Å². The lowest BCUT2D eigenvalue weighted by Gasteiger charge is -2.30. The molecular formula is C38H46N6O9S. The first kappa shape index (κ1) is 38.5. The van der Waals surface area contributed by atoms with Crippen molar-refractivity contribution in [3.05, 3.63) is 41.8 Å². The standard InChI is InChI=1S/C38H46N6O9S/c1-21(45)39-35-41-29(20-54-35)28-17-31(25-14-13-23(51-5)15-27(25)40-28)52-24-16-30-32(46)43-38(34(48)49)18-22(38)11-9-7-6-8-10-12-26(33(47)44(30)19-24)42-36(50)53-37(2,3)4/h9,11,13-15,17,20,22,24,26,30H,6-8,10,12,16,18-19H2,1-5H3,(H,42,50)(H,43,46)(H,48,49)(H,39,41,45)/b11-9-/t22?,24-,26+,30+,38-/m1/s1. The average Bonchev–Trinajstić information content (AvgIpc) is 3.38. The molecular weight excluding hydrogens is 717 g/mol. The van der Waals surface area contributed by atoms with E-state index in [0.717, 1.165) is 19.3 Å². The average molecular weight is 763 g/mol. The highest BCUT2D eigenvalue weighted by molar-refractivity contribution is 7.14. The van der Waals surface area contributed by atoms with Gasteiger partial charge in [0.15, 0.2) is 5.13 Å². The van der Waals surface area contributed by atoms with Gasteiger partial charge < -0.3 is 40.2 Å². The number of aliphatic carboxylic acids is 1. The number of nitrogens with one attached hydrogen (secondary N) is 3. The van der Waals surface area contributed by atoms with Gasteiger partial charge in [-0.05, 0) is 58.6 Å². The first-order valence-corrected chi connectivity index (χ1v) is 18.9. The molecule has 1 saturated carbocycles. The van der Waals surface area contributed by atoms with Crippen molar-refractivity contribution in [1.29, 1.82) is 0 Å². The lowest BCUT2D eigenvalue weighted by Crippen LogP contribution is -2.56. The van der Waals surface area contributed by atoms with E-state index in [9.17, 15) is 29.1 Å². The predicted molar refractivity (Wildman–Crippen MR) is 200 cm³/mol. The number of hydrogen-bond donors (Lipinski definition) is 4. The zero-order valence-corrected chi connectivity index (χ0v) is 31.8. The van der Waals surface area contributed by atoms with Gasteiger partial charge in [-0.15, -0.1) is 11.3 Å². The Labute approximate surface area is 316 Å². The predicted octanol–water partition coefficient (Wildman–Crippen LogP) is 5.05. The number of nitrogens with zero attached hydrogens (tertiary/aromatic N) is 3. The number of carbonyl (C=O) groups is 5. The maximum Gasteiger partial charge on any atom is 0.408 e. The number of ether oxygens (including phenoxy) is 3. The molecule has 1 aromatic carbocycles. The van der Waals surface area contributed by atoms with Gasteiger partial charge in [-0.3, -0.25) is 14.4 Å². The zero-order valence-electron chi connectivity index (χ0n) is 31.0. The molecule has 4 N–H and O–H groups in total. The van der Waals surface area contributed by atoms with Gasteiger partial charge in [0.05, 0.1) is 24.9 Å². The summed E-state index contributed by atoms with van der Waals surface area (Å²) in [7, 11) is 1.55. The highest BCUT2D eigenvalue weighted by atomic mass is 32.1. The summed E-state index contributed by atoms with van der Waals surface area (Å²) in [5.41, 5.74) is -0.793. The van der Waals surface area contributed by atoms with Crippen LogP contribution in [0.2, 0.25) is 0 Å². The summed E-state index contributed by atoms with van der Waals surface area (Å²) in [6.45, 7) is 6.55. The molecule has 3 aromatic rings. The largest absolute Gasteiger partial charge is 0.497 e. The molecule has 288 valence electrons. The molecule has 54 heavy (non-hydrogen) atoms. The number of fused-ring (bicyclic) bond motifs is 3. The lowest BCUT2D eigenvalue weighted by atomic mass is 10.0. The Bertz CT molecular complexity index is 1980. The van der Waals surface area contributed by atoms with E-state index in [1.165, 1.54) is 23.2 Å². The van der Waals surface area contributed by atoms with Crippen molar-refractivity contribution >= 4 is 57.2 Å². The highest BCUT2D eigenvalue weighted by Gasteiger charge is 2.61. The number of pyridine rings is 1. The van der Waals surface area contributed by atoms with E-state index in [-0.39, 0.29) is 31.2 Å². The zero-order chi connectivity index (χ0) is 38.8. The molecule has 1 saturated heterocycles. The number of benzene rings is 1. The number of aromatic nitrogens is 2. The van der Waals surface area contributed by atoms with E-state index in [1.807, 2.05) is 12.2 Å². The van der Waals surface area contributed by atoms with Crippen LogP contribution in [0.4, 0.5) is 9.93 Å². The summed E-state index contributed by atoms with van der Waals surface area (Å²) in [6, 6.07) is 4.94. The Morgan fingerprint density at radius 1 is 1.09 bits per heavy atom. The minimum Gasteiger partial charge on any atom is -0.497 e. The number of rotatable bonds is 7. The second-order valence-electron chi connectivity index (χ2n) is 14.9. The number of hydrogen-bond acceptors (Lipinski definition) is 11. The van der Waals surface area contributed by atoms with E-state index in [0.29, 0.717) is 51.8 Å². The fourth-order valence-electron chi connectivity index (χ4n) is 6.91. The second kappa shape index (κ2) is 15.6. The van der Waals surface area contributed by atoms with Crippen molar-refractivity contribution in [2.24, 2.45) is 5.92 Å². The molecule has 1 unspecified atom stereocenters. The van der Waals surface area contributed by atoms with Gasteiger partial charge in [0.2, 0.25) is 17.7 Å². The summed E-state index contributed by atoms with van der Waals surface area (Å²) in [5, 5.41) is 21.2. The number of thiazole rings is 1. The van der Waals surface area contributed by atoms with Crippen LogP contribution in [0.25, 0.3) is 22.3 Å². The number of carboxylic acid groups (broad SMARTS) is 1. The molecule has 4 amide bonds. The lowest BCUT2D eigenvalue weighted by molar-refractivity contribution is -0.145. The van der Waals surface area contributed by atoms with Gasteiger partial charge in [0.25, 0.3) is 0 Å². The summed E-state index contributed by atoms with van der Waals surface area (Å²) < 4.78 is 17.6. The maximum atomic E-state index is 14.4. The van der Waals surface area contributed by atoms with Crippen molar-refractivity contribution in [2.75, 3.05) is 19.0 Å². The minimum absolute atomic E-state index is 0.0223. The number of methoxy groups -OCH3 is 1. The fraction of sp³-hybridized carbons (Fsp3) is 0.500. The SMILES string of the molecule is COc1ccc2c(O[C@@H]3C[C@H]4C(=O)N[C@]5(C(=O)O)CC5/C=C\CCCCC[C@H](NC(=O)OC(C)(C)C)C(=O)N4C3)cc(-c3csc(NC(C)=O)n3)nc2c1. The molecule has 2 aromatic heterocycles. The van der Waals surface area contributed by atoms with E-state index in [4.69, 9.17) is 19.2 Å². The van der Waals surface area contributed by atoms with E-state index < -0.39 is 53.2 Å². The van der Waals surface area contributed by atoms with Crippen LogP contribution in [-0.2, 0) is 23.9 Å². The van der Waals surface area contributed by atoms with Crippen molar-refractivity contribution < 1.29 is 43.3 Å². The van der Waals surface area contributed by atoms with Gasteiger partial charge in [-0.25, -0.2) is 19.6 Å². The van der Waals surface area contributed by atoms with Crippen molar-refractivity contribution in [3.63, 3.8) is 0 Å². The van der Waals surface area contributed by atoms with Crippen molar-refractivity contribution in [1.82, 2.24) is 25.5 Å². The summed E-state index contributed by atoms with van der Waals surface area (Å²) in [5.74, 6) is -1.91. The minimum atomic E-state index is -1.48. The number of amides is 4. The molecule has 6 rings (SSSR count). The monoisotopic (exact) mass is 762 g/mol. The summed E-state index contributed by atoms with van der Waals surface area (Å²) in [6.07, 6.45) is 5.88. The fourth-order valence-corrected chi connectivity index (χ4v) is 7.66. The van der Waals surface area contributed by atoms with Crippen LogP contribution >= 0.6 is 11.3 Å². The Morgan fingerprint density at radius 3 is 2.61 bits per heavy atom. The normalized spacial score (nSPS) is 25.2.